The monoisotopic (exact) mass is 1050 g/mol. The molecule has 0 aromatic heterocycles. The highest BCUT2D eigenvalue weighted by Crippen LogP contribution is 2.71. The molecule has 9 fully saturated rings. The highest BCUT2D eigenvalue weighted by atomic mass is 16.8. The van der Waals surface area contributed by atoms with Gasteiger partial charge in [-0.25, -0.2) is 0 Å². The van der Waals surface area contributed by atoms with Crippen LogP contribution in [-0.4, -0.2) is 229 Å². The van der Waals surface area contributed by atoms with Gasteiger partial charge in [-0.05, 0) is 98.7 Å². The van der Waals surface area contributed by atoms with E-state index >= 15 is 0 Å². The number of hydrogen-bond acceptors (Lipinski definition) is 22. The van der Waals surface area contributed by atoms with Crippen molar-refractivity contribution in [1.29, 1.82) is 0 Å². The van der Waals surface area contributed by atoms with Gasteiger partial charge < -0.3 is 109 Å². The molecule has 0 amide bonds. The topological polar surface area (TPSA) is 335 Å². The lowest BCUT2D eigenvalue weighted by molar-refractivity contribution is -0.397. The van der Waals surface area contributed by atoms with Gasteiger partial charge in [0.25, 0.3) is 0 Å². The zero-order valence-corrected chi connectivity index (χ0v) is 42.4. The van der Waals surface area contributed by atoms with Gasteiger partial charge in [0.1, 0.15) is 91.6 Å². The van der Waals surface area contributed by atoms with Crippen molar-refractivity contribution >= 4 is 0 Å². The minimum atomic E-state index is -2.03. The maximum Gasteiger partial charge on any atom is 0.187 e. The molecular weight excluding hydrogens is 965 g/mol. The van der Waals surface area contributed by atoms with Crippen LogP contribution in [-0.2, 0) is 47.4 Å². The second kappa shape index (κ2) is 21.2. The number of allylic oxidation sites excluding steroid dienone is 1. The number of aliphatic hydroxyl groups is 12. The Morgan fingerprint density at radius 2 is 1.15 bits per heavy atom. The molecule has 3 saturated carbocycles. The quantitative estimate of drug-likeness (QED) is 0.1000. The van der Waals surface area contributed by atoms with Crippen molar-refractivity contribution in [2.75, 3.05) is 26.4 Å². The fraction of sp³-hybridized carbons (Fsp3) is 0.961. The summed E-state index contributed by atoms with van der Waals surface area (Å²) in [6, 6.07) is 0. The van der Waals surface area contributed by atoms with Crippen molar-refractivity contribution in [1.82, 2.24) is 0 Å². The normalized spacial score (nSPS) is 57.1. The molecular formula is C51H82O22. The maximum absolute atomic E-state index is 11.7. The third-order valence-corrected chi connectivity index (χ3v) is 19.8. The first-order valence-electron chi connectivity index (χ1n) is 26.9. The average molecular weight is 1050 g/mol. The van der Waals surface area contributed by atoms with E-state index in [2.05, 4.69) is 33.8 Å². The van der Waals surface area contributed by atoms with Crippen LogP contribution in [0.1, 0.15) is 92.4 Å². The van der Waals surface area contributed by atoms with Crippen LogP contribution in [0.5, 0.6) is 0 Å². The Hall–Kier alpha value is -1.14. The molecule has 73 heavy (non-hydrogen) atoms. The van der Waals surface area contributed by atoms with E-state index in [0.717, 1.165) is 51.6 Å². The summed E-state index contributed by atoms with van der Waals surface area (Å²) in [7, 11) is 0. The maximum atomic E-state index is 11.7. The fourth-order valence-corrected chi connectivity index (χ4v) is 15.5. The first-order valence-corrected chi connectivity index (χ1v) is 26.9. The molecule has 6 aliphatic heterocycles. The average Bonchev–Trinajstić information content (AvgIpc) is 3.82. The number of fused-ring (bicyclic) bond motifs is 7. The van der Waals surface area contributed by atoms with E-state index in [-0.39, 0.29) is 23.0 Å². The van der Waals surface area contributed by atoms with Gasteiger partial charge in [0.2, 0.25) is 0 Å². The first-order chi connectivity index (χ1) is 34.7. The van der Waals surface area contributed by atoms with Gasteiger partial charge >= 0.3 is 0 Å². The minimum absolute atomic E-state index is 0.0349. The molecule has 22 nitrogen and oxygen atoms in total. The lowest BCUT2D eigenvalue weighted by Gasteiger charge is -2.58. The van der Waals surface area contributed by atoms with E-state index in [4.69, 9.17) is 47.4 Å². The third kappa shape index (κ3) is 9.42. The van der Waals surface area contributed by atoms with Crippen molar-refractivity contribution in [3.63, 3.8) is 0 Å². The van der Waals surface area contributed by atoms with Gasteiger partial charge in [0.15, 0.2) is 30.9 Å². The Morgan fingerprint density at radius 1 is 0.575 bits per heavy atom. The molecule has 0 radical (unpaired) electrons. The number of ether oxygens (including phenoxy) is 10. The fourth-order valence-electron chi connectivity index (χ4n) is 15.5. The van der Waals surface area contributed by atoms with Gasteiger partial charge in [0.05, 0.1) is 44.7 Å². The molecule has 418 valence electrons. The molecule has 6 heterocycles. The van der Waals surface area contributed by atoms with Crippen LogP contribution in [0.2, 0.25) is 0 Å². The van der Waals surface area contributed by atoms with Crippen LogP contribution in [0.4, 0.5) is 0 Å². The highest BCUT2D eigenvalue weighted by molar-refractivity contribution is 5.26. The van der Waals surface area contributed by atoms with Crippen LogP contribution in [0, 0.1) is 46.3 Å². The summed E-state index contributed by atoms with van der Waals surface area (Å²) in [6.45, 7) is 9.26. The molecule has 22 heteroatoms. The van der Waals surface area contributed by atoms with Crippen molar-refractivity contribution < 1.29 is 109 Å². The molecule has 0 aromatic carbocycles. The first kappa shape index (κ1) is 55.2. The largest absolute Gasteiger partial charge is 0.394 e. The molecule has 1 spiro atoms. The van der Waals surface area contributed by atoms with E-state index in [9.17, 15) is 61.3 Å². The van der Waals surface area contributed by atoms with Crippen molar-refractivity contribution in [3.05, 3.63) is 11.6 Å². The van der Waals surface area contributed by atoms with E-state index < -0.39 is 148 Å². The zero-order valence-electron chi connectivity index (χ0n) is 42.4. The van der Waals surface area contributed by atoms with Crippen molar-refractivity contribution in [3.8, 4) is 0 Å². The van der Waals surface area contributed by atoms with Gasteiger partial charge in [0, 0.05) is 12.3 Å². The molecule has 5 unspecified atom stereocenters. The molecule has 10 aliphatic rings. The molecule has 0 bridgehead atoms. The molecule has 12 N–H and O–H groups in total. The Balaban J connectivity index is 0.780. The van der Waals surface area contributed by atoms with Crippen molar-refractivity contribution in [2.24, 2.45) is 46.3 Å². The lowest BCUT2D eigenvalue weighted by Crippen LogP contribution is -2.67. The summed E-state index contributed by atoms with van der Waals surface area (Å²) in [5.41, 5.74) is 1.47. The summed E-state index contributed by atoms with van der Waals surface area (Å²) >= 11 is 0. The third-order valence-electron chi connectivity index (χ3n) is 19.8. The minimum Gasteiger partial charge on any atom is -0.394 e. The summed E-state index contributed by atoms with van der Waals surface area (Å²) in [4.78, 5) is 0. The SMILES string of the molecule is C[C@@H]1CC[C@@]2(OC1)OC1CC3C4CC=C5C[C@@H](O[C@@H]6O[C@H](CO)[C@H](O[C@H]7O[C@@H](CO)[C@H](O)[C@@H](O)[C@@H]7O[C@@H]7O[C@H](CO)[C@@H](O[C@@H]8O[C@@H](C)[C@H](O)[C@@H](O)[C@H]8O)[C@H](O)[C@H]7O)[C@H](O)[C@H]6O)CC[C@]5(C)C4CC[C@]3(C)C1[C@@H]2C. The van der Waals surface area contributed by atoms with Gasteiger partial charge in [-0.15, -0.1) is 0 Å². The van der Waals surface area contributed by atoms with E-state index in [1.165, 1.54) is 12.5 Å². The van der Waals surface area contributed by atoms with Crippen molar-refractivity contribution in [2.45, 2.75) is 233 Å². The van der Waals surface area contributed by atoms with Crippen LogP contribution < -0.4 is 0 Å². The highest BCUT2D eigenvalue weighted by Gasteiger charge is 2.69. The molecule has 31 atom stereocenters. The van der Waals surface area contributed by atoms with Gasteiger partial charge in [-0.1, -0.05) is 39.3 Å². The molecule has 6 saturated heterocycles. The van der Waals surface area contributed by atoms with Gasteiger partial charge in [-0.3, -0.25) is 0 Å². The Labute approximate surface area is 425 Å². The van der Waals surface area contributed by atoms with Crippen LogP contribution >= 0.6 is 0 Å². The summed E-state index contributed by atoms with van der Waals surface area (Å²) in [5, 5.41) is 130. The second-order valence-electron chi connectivity index (χ2n) is 23.9. The zero-order chi connectivity index (χ0) is 52.2. The van der Waals surface area contributed by atoms with Gasteiger partial charge in [-0.2, -0.15) is 0 Å². The van der Waals surface area contributed by atoms with Crippen LogP contribution in [0.15, 0.2) is 11.6 Å². The van der Waals surface area contributed by atoms with E-state index in [0.29, 0.717) is 48.3 Å². The Morgan fingerprint density at radius 3 is 1.78 bits per heavy atom. The van der Waals surface area contributed by atoms with E-state index in [1.807, 2.05) is 0 Å². The second-order valence-corrected chi connectivity index (χ2v) is 23.9. The predicted molar refractivity (Wildman–Crippen MR) is 247 cm³/mol. The summed E-state index contributed by atoms with van der Waals surface area (Å²) in [5.74, 6) is 2.51. The number of hydrogen-bond donors (Lipinski definition) is 12. The number of rotatable bonds is 11. The standard InChI is InChI=1S/C51H82O22/c1-20-8-13-51(64-19-20)21(2)32-28(73-51)15-27-25-7-6-23-14-24(9-11-49(23,4)26(25)10-12-50(27,32)5)66-46-40(62)37(59)43(31(18-54)68-46)71-48-44(36(58)34(56)29(16-52)67-48)72-47-41(63)38(60)42(30(17-53)69-47)70-45-39(61)35(57)33(55)22(3)65-45/h6,20-22,24-48,52-63H,7-19H2,1-5H3/t20-,21+,22+,24+,25?,26?,27?,28?,29+,30-,31-,32?,33+,34+,35-,36-,37-,38-,39-,40-,41-,42-,43+,44+,45+,46-,47+,48-,49+,50+,51-/m1/s1. The molecule has 0 aromatic rings. The number of aliphatic hydroxyl groups excluding tert-OH is 12. The lowest BCUT2D eigenvalue weighted by atomic mass is 9.47. The molecule has 10 rings (SSSR count). The van der Waals surface area contributed by atoms with Crippen LogP contribution in [0.3, 0.4) is 0 Å². The van der Waals surface area contributed by atoms with E-state index in [1.54, 1.807) is 0 Å². The smallest absolute Gasteiger partial charge is 0.187 e. The summed E-state index contributed by atoms with van der Waals surface area (Å²) in [6.07, 6.45) is -22.7. The van der Waals surface area contributed by atoms with Crippen LogP contribution in [0.25, 0.3) is 0 Å². The summed E-state index contributed by atoms with van der Waals surface area (Å²) < 4.78 is 60.8. The Kier molecular flexibility index (Phi) is 16.0. The predicted octanol–water partition coefficient (Wildman–Crippen LogP) is -1.96. The molecule has 4 aliphatic carbocycles. The Bertz CT molecular complexity index is 1920.